The minimum atomic E-state index is -0.583. The first kappa shape index (κ1) is 14.0. The maximum absolute atomic E-state index is 14.0. The molecule has 0 atom stereocenters. The van der Waals surface area contributed by atoms with E-state index in [4.69, 9.17) is 9.47 Å². The third-order valence-corrected chi connectivity index (χ3v) is 3.94. The Hall–Kier alpha value is -1.43. The second-order valence-corrected chi connectivity index (χ2v) is 5.32. The maximum atomic E-state index is 14.0. The summed E-state index contributed by atoms with van der Waals surface area (Å²) >= 11 is 1.80. The first-order valence-corrected chi connectivity index (χ1v) is 7.11. The number of amides is 1. The van der Waals surface area contributed by atoms with Crippen molar-refractivity contribution in [2.45, 2.75) is 0 Å². The lowest BCUT2D eigenvalue weighted by Crippen LogP contribution is -2.38. The third kappa shape index (κ3) is 2.94. The van der Waals surface area contributed by atoms with Gasteiger partial charge in [-0.25, -0.2) is 4.39 Å². The summed E-state index contributed by atoms with van der Waals surface area (Å²) in [5.74, 6) is 1.55. The van der Waals surface area contributed by atoms with Crippen LogP contribution in [0.25, 0.3) is 0 Å². The van der Waals surface area contributed by atoms with E-state index < -0.39 is 5.82 Å². The Bertz CT molecular complexity index is 475. The van der Waals surface area contributed by atoms with Crippen LogP contribution in [0.15, 0.2) is 12.1 Å². The lowest BCUT2D eigenvalue weighted by atomic mass is 10.1. The molecule has 0 bridgehead atoms. The summed E-state index contributed by atoms with van der Waals surface area (Å²) < 4.78 is 24.1. The van der Waals surface area contributed by atoms with Crippen LogP contribution in [0.4, 0.5) is 4.39 Å². The second-order valence-electron chi connectivity index (χ2n) is 4.09. The smallest absolute Gasteiger partial charge is 0.257 e. The van der Waals surface area contributed by atoms with Crippen molar-refractivity contribution in [3.05, 3.63) is 23.5 Å². The van der Waals surface area contributed by atoms with Crippen LogP contribution in [0.1, 0.15) is 10.4 Å². The number of benzene rings is 1. The molecule has 0 unspecified atom stereocenters. The lowest BCUT2D eigenvalue weighted by Gasteiger charge is -2.26. The molecule has 4 nitrogen and oxygen atoms in total. The minimum Gasteiger partial charge on any atom is -0.493 e. The maximum Gasteiger partial charge on any atom is 0.257 e. The number of hydrogen-bond acceptors (Lipinski definition) is 4. The molecule has 1 amide bonds. The topological polar surface area (TPSA) is 38.8 Å². The highest BCUT2D eigenvalue weighted by Crippen LogP contribution is 2.30. The third-order valence-electron chi connectivity index (χ3n) is 3.00. The van der Waals surface area contributed by atoms with Crippen molar-refractivity contribution in [3.63, 3.8) is 0 Å². The first-order valence-electron chi connectivity index (χ1n) is 5.96. The van der Waals surface area contributed by atoms with Gasteiger partial charge in [-0.15, -0.1) is 0 Å². The average molecular weight is 285 g/mol. The Labute approximate surface area is 115 Å². The van der Waals surface area contributed by atoms with Gasteiger partial charge >= 0.3 is 0 Å². The summed E-state index contributed by atoms with van der Waals surface area (Å²) in [6, 6.07) is 2.59. The van der Waals surface area contributed by atoms with Crippen molar-refractivity contribution in [1.82, 2.24) is 4.90 Å². The van der Waals surface area contributed by atoms with Crippen molar-refractivity contribution < 1.29 is 18.7 Å². The molecule has 104 valence electrons. The number of rotatable bonds is 3. The highest BCUT2D eigenvalue weighted by Gasteiger charge is 2.23. The van der Waals surface area contributed by atoms with Crippen molar-refractivity contribution >= 4 is 17.7 Å². The Morgan fingerprint density at radius 2 is 1.79 bits per heavy atom. The van der Waals surface area contributed by atoms with E-state index in [2.05, 4.69) is 0 Å². The van der Waals surface area contributed by atoms with Crippen molar-refractivity contribution in [2.24, 2.45) is 0 Å². The number of nitrogens with zero attached hydrogens (tertiary/aromatic N) is 1. The normalized spacial score (nSPS) is 15.2. The second kappa shape index (κ2) is 6.14. The van der Waals surface area contributed by atoms with Gasteiger partial charge in [0, 0.05) is 30.7 Å². The zero-order valence-corrected chi connectivity index (χ0v) is 11.8. The van der Waals surface area contributed by atoms with Gasteiger partial charge in [-0.3, -0.25) is 4.79 Å². The zero-order valence-electron chi connectivity index (χ0n) is 10.9. The van der Waals surface area contributed by atoms with Crippen molar-refractivity contribution in [3.8, 4) is 11.5 Å². The van der Waals surface area contributed by atoms with Gasteiger partial charge in [0.2, 0.25) is 0 Å². The molecule has 0 aliphatic carbocycles. The summed E-state index contributed by atoms with van der Waals surface area (Å²) in [4.78, 5) is 13.9. The molecule has 6 heteroatoms. The fourth-order valence-electron chi connectivity index (χ4n) is 1.95. The van der Waals surface area contributed by atoms with E-state index in [-0.39, 0.29) is 17.2 Å². The summed E-state index contributed by atoms with van der Waals surface area (Å²) in [5.41, 5.74) is 0.0320. The molecule has 0 radical (unpaired) electrons. The van der Waals surface area contributed by atoms with Gasteiger partial charge in [-0.05, 0) is 6.07 Å². The largest absolute Gasteiger partial charge is 0.493 e. The van der Waals surface area contributed by atoms with E-state index in [0.29, 0.717) is 18.8 Å². The standard InChI is InChI=1S/C13H16FNO3S/c1-17-11-7-9(10(14)8-12(11)18-2)13(16)15-3-5-19-6-4-15/h7-8H,3-6H2,1-2H3. The molecule has 0 N–H and O–H groups in total. The first-order chi connectivity index (χ1) is 9.17. The summed E-state index contributed by atoms with van der Waals surface area (Å²) in [7, 11) is 2.89. The van der Waals surface area contributed by atoms with Gasteiger partial charge in [-0.1, -0.05) is 0 Å². The van der Waals surface area contributed by atoms with Gasteiger partial charge in [0.1, 0.15) is 5.82 Å². The number of ether oxygens (including phenoxy) is 2. The van der Waals surface area contributed by atoms with Crippen LogP contribution in [-0.2, 0) is 0 Å². The van der Waals surface area contributed by atoms with E-state index in [1.165, 1.54) is 26.4 Å². The van der Waals surface area contributed by atoms with Crippen LogP contribution in [0.3, 0.4) is 0 Å². The SMILES string of the molecule is COc1cc(F)c(C(=O)N2CCSCC2)cc1OC. The van der Waals surface area contributed by atoms with E-state index >= 15 is 0 Å². The highest BCUT2D eigenvalue weighted by molar-refractivity contribution is 7.99. The average Bonchev–Trinajstić information content (AvgIpc) is 2.47. The van der Waals surface area contributed by atoms with Crippen LogP contribution in [0.5, 0.6) is 11.5 Å². The Morgan fingerprint density at radius 1 is 1.21 bits per heavy atom. The van der Waals surface area contributed by atoms with E-state index in [0.717, 1.165) is 11.5 Å². The molecule has 0 saturated carbocycles. The molecular formula is C13H16FNO3S. The van der Waals surface area contributed by atoms with Crippen LogP contribution in [-0.4, -0.2) is 49.6 Å². The van der Waals surface area contributed by atoms with Crippen LogP contribution >= 0.6 is 11.8 Å². The van der Waals surface area contributed by atoms with Crippen LogP contribution in [0.2, 0.25) is 0 Å². The molecule has 1 aromatic carbocycles. The molecule has 2 rings (SSSR count). The van der Waals surface area contributed by atoms with Gasteiger partial charge in [0.25, 0.3) is 5.91 Å². The molecule has 1 fully saturated rings. The van der Waals surface area contributed by atoms with Gasteiger partial charge in [0.05, 0.1) is 19.8 Å². The predicted molar refractivity (Wildman–Crippen MR) is 72.7 cm³/mol. The van der Waals surface area contributed by atoms with Gasteiger partial charge in [0.15, 0.2) is 11.5 Å². The van der Waals surface area contributed by atoms with Crippen LogP contribution < -0.4 is 9.47 Å². The summed E-state index contributed by atoms with van der Waals surface area (Å²) in [5, 5.41) is 0. The quantitative estimate of drug-likeness (QED) is 0.852. The molecule has 1 aliphatic heterocycles. The summed E-state index contributed by atoms with van der Waals surface area (Å²) in [6.45, 7) is 1.30. The molecule has 1 aliphatic rings. The molecule has 19 heavy (non-hydrogen) atoms. The Balaban J connectivity index is 2.30. The lowest BCUT2D eigenvalue weighted by molar-refractivity contribution is 0.0767. The van der Waals surface area contributed by atoms with E-state index in [9.17, 15) is 9.18 Å². The predicted octanol–water partition coefficient (Wildman–Crippen LogP) is 2.03. The fraction of sp³-hybridized carbons (Fsp3) is 0.462. The molecule has 0 aromatic heterocycles. The fourth-order valence-corrected chi connectivity index (χ4v) is 2.86. The molecule has 1 saturated heterocycles. The number of carbonyl (C=O) groups excluding carboxylic acids is 1. The molecular weight excluding hydrogens is 269 g/mol. The van der Waals surface area contributed by atoms with Gasteiger partial charge < -0.3 is 14.4 Å². The molecule has 1 heterocycles. The highest BCUT2D eigenvalue weighted by atomic mass is 32.2. The summed E-state index contributed by atoms with van der Waals surface area (Å²) in [6.07, 6.45) is 0. The van der Waals surface area contributed by atoms with E-state index in [1.54, 1.807) is 16.7 Å². The molecule has 1 aromatic rings. The zero-order chi connectivity index (χ0) is 13.8. The monoisotopic (exact) mass is 285 g/mol. The van der Waals surface area contributed by atoms with Crippen LogP contribution in [0, 0.1) is 5.82 Å². The Morgan fingerprint density at radius 3 is 2.37 bits per heavy atom. The minimum absolute atomic E-state index is 0.0320. The number of halogens is 1. The van der Waals surface area contributed by atoms with Crippen molar-refractivity contribution in [1.29, 1.82) is 0 Å². The molecule has 0 spiro atoms. The van der Waals surface area contributed by atoms with E-state index in [1.807, 2.05) is 0 Å². The number of methoxy groups -OCH3 is 2. The van der Waals surface area contributed by atoms with Crippen molar-refractivity contribution in [2.75, 3.05) is 38.8 Å². The number of carbonyl (C=O) groups is 1. The Kier molecular flexibility index (Phi) is 4.52. The van der Waals surface area contributed by atoms with Gasteiger partial charge in [-0.2, -0.15) is 11.8 Å². The number of thioether (sulfide) groups is 1. The number of hydrogen-bond donors (Lipinski definition) is 0.